The fourth-order valence-electron chi connectivity index (χ4n) is 2.19. The lowest BCUT2D eigenvalue weighted by Gasteiger charge is -2.31. The second-order valence-electron chi connectivity index (χ2n) is 4.69. The van der Waals surface area contributed by atoms with Crippen molar-refractivity contribution in [2.45, 2.75) is 18.9 Å². The average Bonchev–Trinajstić information content (AvgIpc) is 2.85. The van der Waals surface area contributed by atoms with Crippen LogP contribution in [0.25, 0.3) is 0 Å². The first-order valence-corrected chi connectivity index (χ1v) is 6.36. The van der Waals surface area contributed by atoms with Crippen molar-refractivity contribution in [2.24, 2.45) is 7.05 Å². The second kappa shape index (κ2) is 5.73. The zero-order valence-corrected chi connectivity index (χ0v) is 11.2. The molecular formula is C12H19N5O2. The summed E-state index contributed by atoms with van der Waals surface area (Å²) in [7, 11) is 3.40. The number of urea groups is 1. The van der Waals surface area contributed by atoms with Crippen LogP contribution in [0.15, 0.2) is 12.4 Å². The summed E-state index contributed by atoms with van der Waals surface area (Å²) in [5.74, 6) is -0.105. The van der Waals surface area contributed by atoms with E-state index in [9.17, 15) is 9.59 Å². The van der Waals surface area contributed by atoms with E-state index in [2.05, 4.69) is 15.7 Å². The summed E-state index contributed by atoms with van der Waals surface area (Å²) in [6, 6.07) is 0.0608. The van der Waals surface area contributed by atoms with Crippen molar-refractivity contribution < 1.29 is 9.59 Å². The first-order chi connectivity index (χ1) is 9.10. The third kappa shape index (κ3) is 3.24. The molecule has 7 heteroatoms. The maximum atomic E-state index is 11.9. The van der Waals surface area contributed by atoms with Crippen molar-refractivity contribution >= 4 is 11.9 Å². The summed E-state index contributed by atoms with van der Waals surface area (Å²) >= 11 is 0. The molecule has 1 aliphatic heterocycles. The van der Waals surface area contributed by atoms with Crippen molar-refractivity contribution in [3.8, 4) is 0 Å². The summed E-state index contributed by atoms with van der Waals surface area (Å²) in [5, 5.41) is 9.55. The molecule has 0 aromatic carbocycles. The highest BCUT2D eigenvalue weighted by molar-refractivity contribution is 5.93. The molecule has 1 aliphatic rings. The average molecular weight is 265 g/mol. The first-order valence-electron chi connectivity index (χ1n) is 6.36. The van der Waals surface area contributed by atoms with Gasteiger partial charge in [0.25, 0.3) is 5.91 Å². The SMILES string of the molecule is CNC(=O)N1CCC(NC(=O)c2cnn(C)c2)CC1. The van der Waals surface area contributed by atoms with Crippen LogP contribution in [0.1, 0.15) is 23.2 Å². The largest absolute Gasteiger partial charge is 0.349 e. The van der Waals surface area contributed by atoms with Crippen LogP contribution in [-0.4, -0.2) is 52.8 Å². The maximum Gasteiger partial charge on any atom is 0.317 e. The minimum Gasteiger partial charge on any atom is -0.349 e. The molecule has 7 nitrogen and oxygen atoms in total. The fourth-order valence-corrected chi connectivity index (χ4v) is 2.19. The fraction of sp³-hybridized carbons (Fsp3) is 0.583. The number of hydrogen-bond acceptors (Lipinski definition) is 3. The number of piperidine rings is 1. The lowest BCUT2D eigenvalue weighted by atomic mass is 10.1. The first kappa shape index (κ1) is 13.4. The standard InChI is InChI=1S/C12H19N5O2/c1-13-12(19)17-5-3-10(4-6-17)15-11(18)9-7-14-16(2)8-9/h7-8,10H,3-6H2,1-2H3,(H,13,19)(H,15,18). The Bertz CT molecular complexity index is 462. The van der Waals surface area contributed by atoms with E-state index in [-0.39, 0.29) is 18.0 Å². The van der Waals surface area contributed by atoms with Crippen LogP contribution in [0.3, 0.4) is 0 Å². The Morgan fingerprint density at radius 1 is 1.37 bits per heavy atom. The molecule has 2 N–H and O–H groups in total. The van der Waals surface area contributed by atoms with Crippen LogP contribution in [0.4, 0.5) is 4.79 Å². The van der Waals surface area contributed by atoms with E-state index >= 15 is 0 Å². The monoisotopic (exact) mass is 265 g/mol. The molecule has 1 aromatic heterocycles. The molecule has 0 aliphatic carbocycles. The number of hydrogen-bond donors (Lipinski definition) is 2. The number of nitrogens with one attached hydrogen (secondary N) is 2. The van der Waals surface area contributed by atoms with Gasteiger partial charge in [-0.05, 0) is 12.8 Å². The van der Waals surface area contributed by atoms with Gasteiger partial charge in [0.1, 0.15) is 0 Å². The smallest absolute Gasteiger partial charge is 0.317 e. The van der Waals surface area contributed by atoms with Gasteiger partial charge in [-0.25, -0.2) is 4.79 Å². The molecule has 2 rings (SSSR count). The number of likely N-dealkylation sites (tertiary alicyclic amines) is 1. The third-order valence-electron chi connectivity index (χ3n) is 3.30. The normalized spacial score (nSPS) is 16.2. The zero-order chi connectivity index (χ0) is 13.8. The number of aryl methyl sites for hydroxylation is 1. The van der Waals surface area contributed by atoms with Crippen LogP contribution in [0.5, 0.6) is 0 Å². The van der Waals surface area contributed by atoms with Gasteiger partial charge in [-0.15, -0.1) is 0 Å². The number of aromatic nitrogens is 2. The van der Waals surface area contributed by atoms with Crippen molar-refractivity contribution in [1.29, 1.82) is 0 Å². The molecule has 19 heavy (non-hydrogen) atoms. The Kier molecular flexibility index (Phi) is 4.03. The molecule has 3 amide bonds. The number of carbonyl (C=O) groups is 2. The van der Waals surface area contributed by atoms with Crippen molar-refractivity contribution in [2.75, 3.05) is 20.1 Å². The van der Waals surface area contributed by atoms with Crippen LogP contribution in [0.2, 0.25) is 0 Å². The van der Waals surface area contributed by atoms with Gasteiger partial charge in [0.2, 0.25) is 0 Å². The number of carbonyl (C=O) groups excluding carboxylic acids is 2. The Labute approximate surface area is 111 Å². The lowest BCUT2D eigenvalue weighted by Crippen LogP contribution is -2.48. The summed E-state index contributed by atoms with van der Waals surface area (Å²) in [4.78, 5) is 25.1. The van der Waals surface area contributed by atoms with E-state index in [1.54, 1.807) is 36.1 Å². The van der Waals surface area contributed by atoms with Crippen LogP contribution in [-0.2, 0) is 7.05 Å². The number of nitrogens with zero attached hydrogens (tertiary/aromatic N) is 3. The molecular weight excluding hydrogens is 246 g/mol. The molecule has 0 spiro atoms. The summed E-state index contributed by atoms with van der Waals surface area (Å²) < 4.78 is 1.60. The molecule has 0 saturated carbocycles. The van der Waals surface area contributed by atoms with Gasteiger partial charge in [0.15, 0.2) is 0 Å². The van der Waals surface area contributed by atoms with Gasteiger partial charge >= 0.3 is 6.03 Å². The molecule has 0 radical (unpaired) electrons. The van der Waals surface area contributed by atoms with Gasteiger partial charge in [0.05, 0.1) is 11.8 Å². The van der Waals surface area contributed by atoms with Crippen molar-refractivity contribution in [3.63, 3.8) is 0 Å². The van der Waals surface area contributed by atoms with Gasteiger partial charge in [0, 0.05) is 39.4 Å². The Balaban J connectivity index is 1.82. The maximum absolute atomic E-state index is 11.9. The molecule has 2 heterocycles. The minimum atomic E-state index is -0.105. The number of rotatable bonds is 2. The van der Waals surface area contributed by atoms with Crippen molar-refractivity contribution in [1.82, 2.24) is 25.3 Å². The highest BCUT2D eigenvalue weighted by Crippen LogP contribution is 2.11. The summed E-state index contributed by atoms with van der Waals surface area (Å²) in [6.45, 7) is 1.33. The molecule has 1 saturated heterocycles. The van der Waals surface area contributed by atoms with Crippen molar-refractivity contribution in [3.05, 3.63) is 18.0 Å². The highest BCUT2D eigenvalue weighted by atomic mass is 16.2. The van der Waals surface area contributed by atoms with E-state index < -0.39 is 0 Å². The third-order valence-corrected chi connectivity index (χ3v) is 3.30. The molecule has 0 bridgehead atoms. The van der Waals surface area contributed by atoms with Gasteiger partial charge in [-0.1, -0.05) is 0 Å². The highest BCUT2D eigenvalue weighted by Gasteiger charge is 2.23. The Morgan fingerprint density at radius 3 is 2.58 bits per heavy atom. The summed E-state index contributed by atoms with van der Waals surface area (Å²) in [6.07, 6.45) is 4.79. The Morgan fingerprint density at radius 2 is 2.05 bits per heavy atom. The van der Waals surface area contributed by atoms with E-state index in [1.165, 1.54) is 0 Å². The molecule has 1 fully saturated rings. The molecule has 0 unspecified atom stereocenters. The van der Waals surface area contributed by atoms with E-state index in [4.69, 9.17) is 0 Å². The van der Waals surface area contributed by atoms with E-state index in [0.717, 1.165) is 12.8 Å². The lowest BCUT2D eigenvalue weighted by molar-refractivity contribution is 0.0918. The zero-order valence-electron chi connectivity index (χ0n) is 11.2. The second-order valence-corrected chi connectivity index (χ2v) is 4.69. The summed E-state index contributed by atoms with van der Waals surface area (Å²) in [5.41, 5.74) is 0.566. The minimum absolute atomic E-state index is 0.0583. The number of amides is 3. The van der Waals surface area contributed by atoms with E-state index in [0.29, 0.717) is 18.7 Å². The van der Waals surface area contributed by atoms with Gasteiger partial charge in [-0.2, -0.15) is 5.10 Å². The van der Waals surface area contributed by atoms with Crippen LogP contribution in [0, 0.1) is 0 Å². The van der Waals surface area contributed by atoms with Crippen LogP contribution < -0.4 is 10.6 Å². The quantitative estimate of drug-likeness (QED) is 0.787. The molecule has 1 aromatic rings. The molecule has 104 valence electrons. The van der Waals surface area contributed by atoms with Gasteiger partial charge in [-0.3, -0.25) is 9.48 Å². The predicted octanol–water partition coefficient (Wildman–Crippen LogP) is -0.0463. The Hall–Kier alpha value is -2.05. The molecule has 0 atom stereocenters. The van der Waals surface area contributed by atoms with Crippen LogP contribution >= 0.6 is 0 Å². The topological polar surface area (TPSA) is 79.3 Å². The van der Waals surface area contributed by atoms with E-state index in [1.807, 2.05) is 0 Å². The van der Waals surface area contributed by atoms with Gasteiger partial charge < -0.3 is 15.5 Å². The predicted molar refractivity (Wildman–Crippen MR) is 69.7 cm³/mol.